The molecule has 1 N–H and O–H groups in total. The SMILES string of the molecule is Cc1noc([C@H](C)NC(=O)c2ccc(C)n2C(F)F)n1. The van der Waals surface area contributed by atoms with E-state index in [0.29, 0.717) is 16.1 Å². The number of carbonyl (C=O) groups is 1. The van der Waals surface area contributed by atoms with Crippen LogP contribution in [-0.4, -0.2) is 20.6 Å². The Bertz CT molecular complexity index is 621. The van der Waals surface area contributed by atoms with Gasteiger partial charge in [-0.2, -0.15) is 13.8 Å². The zero-order valence-corrected chi connectivity index (χ0v) is 11.2. The van der Waals surface area contributed by atoms with Crippen LogP contribution in [-0.2, 0) is 0 Å². The number of nitrogens with zero attached hydrogens (tertiary/aromatic N) is 3. The maximum absolute atomic E-state index is 12.9. The molecule has 2 aromatic heterocycles. The van der Waals surface area contributed by atoms with Gasteiger partial charge in [-0.05, 0) is 32.9 Å². The summed E-state index contributed by atoms with van der Waals surface area (Å²) in [5.74, 6) is 0.0392. The van der Waals surface area contributed by atoms with Gasteiger partial charge < -0.3 is 9.84 Å². The Labute approximate surface area is 113 Å². The molecule has 108 valence electrons. The van der Waals surface area contributed by atoms with Gasteiger partial charge in [0, 0.05) is 5.69 Å². The van der Waals surface area contributed by atoms with Crippen molar-refractivity contribution in [2.75, 3.05) is 0 Å². The third-order valence-corrected chi connectivity index (χ3v) is 2.81. The van der Waals surface area contributed by atoms with E-state index in [1.165, 1.54) is 19.1 Å². The number of amides is 1. The predicted molar refractivity (Wildman–Crippen MR) is 65.3 cm³/mol. The minimum Gasteiger partial charge on any atom is -0.339 e. The fourth-order valence-electron chi connectivity index (χ4n) is 1.82. The van der Waals surface area contributed by atoms with E-state index in [2.05, 4.69) is 15.5 Å². The quantitative estimate of drug-likeness (QED) is 0.935. The average molecular weight is 284 g/mol. The highest BCUT2D eigenvalue weighted by Crippen LogP contribution is 2.19. The van der Waals surface area contributed by atoms with Gasteiger partial charge in [-0.1, -0.05) is 5.16 Å². The molecular weight excluding hydrogens is 270 g/mol. The van der Waals surface area contributed by atoms with Gasteiger partial charge in [-0.15, -0.1) is 0 Å². The lowest BCUT2D eigenvalue weighted by Crippen LogP contribution is -2.29. The van der Waals surface area contributed by atoms with Gasteiger partial charge in [0.15, 0.2) is 5.82 Å². The van der Waals surface area contributed by atoms with Gasteiger partial charge in [0.2, 0.25) is 5.89 Å². The van der Waals surface area contributed by atoms with E-state index in [0.717, 1.165) is 0 Å². The zero-order valence-electron chi connectivity index (χ0n) is 11.2. The first-order valence-electron chi connectivity index (χ1n) is 5.97. The van der Waals surface area contributed by atoms with Crippen molar-refractivity contribution in [3.63, 3.8) is 0 Å². The first-order chi connectivity index (χ1) is 9.40. The van der Waals surface area contributed by atoms with Crippen LogP contribution in [0.5, 0.6) is 0 Å². The number of aryl methyl sites for hydroxylation is 2. The highest BCUT2D eigenvalue weighted by atomic mass is 19.3. The summed E-state index contributed by atoms with van der Waals surface area (Å²) >= 11 is 0. The summed E-state index contributed by atoms with van der Waals surface area (Å²) in [6.07, 6.45) is 0. The number of halogens is 2. The fraction of sp³-hybridized carbons (Fsp3) is 0.417. The third kappa shape index (κ3) is 2.68. The number of hydrogen-bond donors (Lipinski definition) is 1. The van der Waals surface area contributed by atoms with Crippen molar-refractivity contribution in [2.45, 2.75) is 33.4 Å². The molecule has 0 aliphatic rings. The van der Waals surface area contributed by atoms with E-state index in [1.807, 2.05) is 0 Å². The van der Waals surface area contributed by atoms with E-state index in [9.17, 15) is 13.6 Å². The van der Waals surface area contributed by atoms with Crippen LogP contribution in [0.25, 0.3) is 0 Å². The highest BCUT2D eigenvalue weighted by molar-refractivity contribution is 5.93. The van der Waals surface area contributed by atoms with Gasteiger partial charge in [-0.3, -0.25) is 9.36 Å². The second-order valence-electron chi connectivity index (χ2n) is 4.38. The maximum atomic E-state index is 12.9. The summed E-state index contributed by atoms with van der Waals surface area (Å²) in [6.45, 7) is 2.01. The Morgan fingerprint density at radius 1 is 1.40 bits per heavy atom. The van der Waals surface area contributed by atoms with Crippen LogP contribution in [0.2, 0.25) is 0 Å². The molecule has 0 aromatic carbocycles. The summed E-state index contributed by atoms with van der Waals surface area (Å²) < 4.78 is 31.4. The van der Waals surface area contributed by atoms with Crippen molar-refractivity contribution in [3.8, 4) is 0 Å². The molecule has 0 saturated carbocycles. The second kappa shape index (κ2) is 5.40. The maximum Gasteiger partial charge on any atom is 0.319 e. The summed E-state index contributed by atoms with van der Waals surface area (Å²) in [5, 5.41) is 6.15. The molecule has 0 bridgehead atoms. The molecule has 1 atom stereocenters. The van der Waals surface area contributed by atoms with Gasteiger partial charge >= 0.3 is 6.55 Å². The molecule has 6 nitrogen and oxygen atoms in total. The van der Waals surface area contributed by atoms with Crippen LogP contribution in [0.4, 0.5) is 8.78 Å². The Morgan fingerprint density at radius 3 is 2.65 bits per heavy atom. The largest absolute Gasteiger partial charge is 0.339 e. The van der Waals surface area contributed by atoms with Gasteiger partial charge in [0.25, 0.3) is 5.91 Å². The molecule has 2 aromatic rings. The summed E-state index contributed by atoms with van der Waals surface area (Å²) in [7, 11) is 0. The van der Waals surface area contributed by atoms with Crippen LogP contribution < -0.4 is 5.32 Å². The second-order valence-corrected chi connectivity index (χ2v) is 4.38. The van der Waals surface area contributed by atoms with E-state index in [1.54, 1.807) is 13.8 Å². The topological polar surface area (TPSA) is 73.0 Å². The third-order valence-electron chi connectivity index (χ3n) is 2.81. The van der Waals surface area contributed by atoms with Crippen molar-refractivity contribution in [1.29, 1.82) is 0 Å². The van der Waals surface area contributed by atoms with Crippen LogP contribution in [0, 0.1) is 13.8 Å². The zero-order chi connectivity index (χ0) is 14.9. The summed E-state index contributed by atoms with van der Waals surface area (Å²) in [4.78, 5) is 16.0. The molecular formula is C12H14F2N4O2. The number of hydrogen-bond acceptors (Lipinski definition) is 4. The first kappa shape index (κ1) is 14.2. The Balaban J connectivity index is 2.16. The van der Waals surface area contributed by atoms with Gasteiger partial charge in [0.1, 0.15) is 11.7 Å². The monoisotopic (exact) mass is 284 g/mol. The van der Waals surface area contributed by atoms with Gasteiger partial charge in [0.05, 0.1) is 0 Å². The Hall–Kier alpha value is -2.25. The molecule has 8 heteroatoms. The molecule has 0 fully saturated rings. The minimum atomic E-state index is -2.77. The number of alkyl halides is 2. The lowest BCUT2D eigenvalue weighted by atomic mass is 10.3. The van der Waals surface area contributed by atoms with E-state index < -0.39 is 18.5 Å². The fourth-order valence-corrected chi connectivity index (χ4v) is 1.82. The highest BCUT2D eigenvalue weighted by Gasteiger charge is 2.22. The van der Waals surface area contributed by atoms with Crippen molar-refractivity contribution < 1.29 is 18.1 Å². The number of rotatable bonds is 4. The van der Waals surface area contributed by atoms with Gasteiger partial charge in [-0.25, -0.2) is 0 Å². The molecule has 2 rings (SSSR count). The average Bonchev–Trinajstić information content (AvgIpc) is 2.95. The molecule has 1 amide bonds. The van der Waals surface area contributed by atoms with Crippen molar-refractivity contribution in [3.05, 3.63) is 35.2 Å². The first-order valence-corrected chi connectivity index (χ1v) is 5.97. The standard InChI is InChI=1S/C12H14F2N4O2/c1-6-4-5-9(18(6)12(13)14)10(19)15-7(2)11-16-8(3)17-20-11/h4-5,7,12H,1-3H3,(H,15,19)/t7-/m0/s1. The van der Waals surface area contributed by atoms with E-state index >= 15 is 0 Å². The predicted octanol–water partition coefficient (Wildman–Crippen LogP) is 2.37. The van der Waals surface area contributed by atoms with Crippen LogP contribution >= 0.6 is 0 Å². The molecule has 0 spiro atoms. The molecule has 0 radical (unpaired) electrons. The van der Waals surface area contributed by atoms with E-state index in [-0.39, 0.29) is 11.6 Å². The Kier molecular flexibility index (Phi) is 3.82. The van der Waals surface area contributed by atoms with Crippen LogP contribution in [0.1, 0.15) is 47.4 Å². The smallest absolute Gasteiger partial charge is 0.319 e. The lowest BCUT2D eigenvalue weighted by molar-refractivity contribution is 0.0613. The number of carbonyl (C=O) groups excluding carboxylic acids is 1. The van der Waals surface area contributed by atoms with Crippen LogP contribution in [0.3, 0.4) is 0 Å². The van der Waals surface area contributed by atoms with E-state index in [4.69, 9.17) is 4.52 Å². The van der Waals surface area contributed by atoms with Crippen molar-refractivity contribution in [1.82, 2.24) is 20.0 Å². The molecule has 0 aliphatic heterocycles. The molecule has 0 unspecified atom stereocenters. The molecule has 0 saturated heterocycles. The molecule has 0 aliphatic carbocycles. The summed E-state index contributed by atoms with van der Waals surface area (Å²) in [5.41, 5.74) is 0.201. The minimum absolute atomic E-state index is 0.111. The summed E-state index contributed by atoms with van der Waals surface area (Å²) in [6, 6.07) is 2.25. The lowest BCUT2D eigenvalue weighted by Gasteiger charge is -2.13. The van der Waals surface area contributed by atoms with Crippen molar-refractivity contribution >= 4 is 5.91 Å². The normalized spacial score (nSPS) is 12.7. The molecule has 20 heavy (non-hydrogen) atoms. The van der Waals surface area contributed by atoms with Crippen molar-refractivity contribution in [2.24, 2.45) is 0 Å². The Morgan fingerprint density at radius 2 is 2.10 bits per heavy atom. The molecule has 2 heterocycles. The van der Waals surface area contributed by atoms with Crippen LogP contribution in [0.15, 0.2) is 16.7 Å². The number of aromatic nitrogens is 3. The number of nitrogens with one attached hydrogen (secondary N) is 1.